The van der Waals surface area contributed by atoms with Gasteiger partial charge in [-0.1, -0.05) is 0 Å². The maximum Gasteiger partial charge on any atom is 0.316 e. The highest BCUT2D eigenvalue weighted by Gasteiger charge is 2.23. The predicted octanol–water partition coefficient (Wildman–Crippen LogP) is 1.29. The van der Waals surface area contributed by atoms with E-state index in [2.05, 4.69) is 15.4 Å². The minimum absolute atomic E-state index is 0.00915. The Kier molecular flexibility index (Phi) is 4.98. The highest BCUT2D eigenvalue weighted by molar-refractivity contribution is 5.76. The Labute approximate surface area is 142 Å². The largest absolute Gasteiger partial charge is 0.376 e. The van der Waals surface area contributed by atoms with Crippen molar-refractivity contribution in [3.05, 3.63) is 40.5 Å². The van der Waals surface area contributed by atoms with Crippen molar-refractivity contribution in [2.24, 2.45) is 0 Å². The molecule has 1 atom stereocenters. The van der Waals surface area contributed by atoms with Crippen LogP contribution in [0.4, 0.5) is 10.1 Å². The van der Waals surface area contributed by atoms with Gasteiger partial charge in [0.15, 0.2) is 5.69 Å². The van der Waals surface area contributed by atoms with Gasteiger partial charge in [0.2, 0.25) is 5.91 Å². The predicted molar refractivity (Wildman–Crippen MR) is 84.1 cm³/mol. The Morgan fingerprint density at radius 1 is 1.52 bits per heavy atom. The van der Waals surface area contributed by atoms with Crippen LogP contribution in [0.2, 0.25) is 0 Å². The van der Waals surface area contributed by atoms with Crippen LogP contribution in [0, 0.1) is 15.9 Å². The van der Waals surface area contributed by atoms with Crippen LogP contribution < -0.4 is 5.32 Å². The summed E-state index contributed by atoms with van der Waals surface area (Å²) in [7, 11) is 0. The first-order valence-electron chi connectivity index (χ1n) is 7.75. The first-order valence-corrected chi connectivity index (χ1v) is 7.75. The summed E-state index contributed by atoms with van der Waals surface area (Å²) in [5.74, 6) is -0.883. The lowest BCUT2D eigenvalue weighted by molar-refractivity contribution is -0.384. The molecular formula is C15H16FN5O4. The van der Waals surface area contributed by atoms with Crippen molar-refractivity contribution in [2.45, 2.75) is 25.5 Å². The molecule has 1 aliphatic rings. The van der Waals surface area contributed by atoms with Gasteiger partial charge in [0.05, 0.1) is 22.9 Å². The Hall–Kier alpha value is -2.88. The van der Waals surface area contributed by atoms with E-state index in [0.29, 0.717) is 13.2 Å². The van der Waals surface area contributed by atoms with Crippen LogP contribution in [0.5, 0.6) is 0 Å². The molecule has 1 unspecified atom stereocenters. The smallest absolute Gasteiger partial charge is 0.316 e. The first-order chi connectivity index (χ1) is 12.0. The van der Waals surface area contributed by atoms with Crippen LogP contribution in [0.1, 0.15) is 12.8 Å². The zero-order chi connectivity index (χ0) is 17.8. The van der Waals surface area contributed by atoms with Gasteiger partial charge in [0.1, 0.15) is 18.6 Å². The minimum atomic E-state index is -0.617. The number of hydrogen-bond donors (Lipinski definition) is 1. The van der Waals surface area contributed by atoms with Crippen molar-refractivity contribution in [3.63, 3.8) is 0 Å². The molecule has 3 rings (SSSR count). The van der Waals surface area contributed by atoms with Crippen molar-refractivity contribution in [3.8, 4) is 11.4 Å². The lowest BCUT2D eigenvalue weighted by Gasteiger charge is -2.10. The summed E-state index contributed by atoms with van der Waals surface area (Å²) in [6.07, 6.45) is 3.99. The van der Waals surface area contributed by atoms with E-state index in [4.69, 9.17) is 4.74 Å². The number of rotatable bonds is 6. The molecule has 0 aliphatic carbocycles. The van der Waals surface area contributed by atoms with E-state index in [0.717, 1.165) is 31.3 Å². The fraction of sp³-hybridized carbons (Fsp3) is 0.400. The molecule has 9 nitrogen and oxygen atoms in total. The van der Waals surface area contributed by atoms with Crippen LogP contribution in [-0.2, 0) is 16.1 Å². The molecule has 0 saturated carbocycles. The van der Waals surface area contributed by atoms with E-state index < -0.39 is 10.7 Å². The van der Waals surface area contributed by atoms with Crippen molar-refractivity contribution in [1.82, 2.24) is 20.1 Å². The summed E-state index contributed by atoms with van der Waals surface area (Å²) < 4.78 is 19.5. The third-order valence-corrected chi connectivity index (χ3v) is 3.77. The van der Waals surface area contributed by atoms with Crippen LogP contribution in [-0.4, -0.2) is 44.9 Å². The molecule has 1 N–H and O–H groups in total. The standard InChI is InChI=1S/C15H16FN5O4/c16-10-3-4-12(17-6-10)15-13(21(23)24)8-20(19-15)9-14(22)18-7-11-2-1-5-25-11/h3-4,6,8,11H,1-2,5,7,9H2,(H,18,22). The van der Waals surface area contributed by atoms with Crippen LogP contribution in [0.15, 0.2) is 24.5 Å². The van der Waals surface area contributed by atoms with Gasteiger partial charge in [-0.15, -0.1) is 0 Å². The van der Waals surface area contributed by atoms with Gasteiger partial charge in [0, 0.05) is 13.2 Å². The van der Waals surface area contributed by atoms with Crippen molar-refractivity contribution < 1.29 is 18.8 Å². The zero-order valence-electron chi connectivity index (χ0n) is 13.2. The molecule has 1 aliphatic heterocycles. The number of halogens is 1. The van der Waals surface area contributed by atoms with E-state index in [1.54, 1.807) is 0 Å². The van der Waals surface area contributed by atoms with Gasteiger partial charge in [0.25, 0.3) is 0 Å². The Morgan fingerprint density at radius 3 is 3.00 bits per heavy atom. The normalized spacial score (nSPS) is 16.8. The SMILES string of the molecule is O=C(Cn1cc([N+](=O)[O-])c(-c2ccc(F)cn2)n1)NCC1CCCO1. The van der Waals surface area contributed by atoms with Gasteiger partial charge < -0.3 is 10.1 Å². The molecule has 10 heteroatoms. The number of hydrogen-bond acceptors (Lipinski definition) is 6. The first kappa shape index (κ1) is 17.0. The summed E-state index contributed by atoms with van der Waals surface area (Å²) in [6, 6.07) is 2.44. The second-order valence-corrected chi connectivity index (χ2v) is 5.62. The van der Waals surface area contributed by atoms with Crippen LogP contribution >= 0.6 is 0 Å². The maximum absolute atomic E-state index is 13.0. The lowest BCUT2D eigenvalue weighted by Crippen LogP contribution is -2.34. The van der Waals surface area contributed by atoms with Gasteiger partial charge in [-0.2, -0.15) is 5.10 Å². The molecule has 0 spiro atoms. The molecule has 132 valence electrons. The van der Waals surface area contributed by atoms with Crippen molar-refractivity contribution in [2.75, 3.05) is 13.2 Å². The van der Waals surface area contributed by atoms with Gasteiger partial charge in [-0.25, -0.2) is 4.39 Å². The molecule has 1 amide bonds. The topological polar surface area (TPSA) is 112 Å². The van der Waals surface area contributed by atoms with Crippen molar-refractivity contribution in [1.29, 1.82) is 0 Å². The molecule has 0 aromatic carbocycles. The molecule has 2 aromatic heterocycles. The number of pyridine rings is 1. The third-order valence-electron chi connectivity index (χ3n) is 3.77. The number of carbonyl (C=O) groups excluding carboxylic acids is 1. The average molecular weight is 349 g/mol. The average Bonchev–Trinajstić information content (AvgIpc) is 3.23. The van der Waals surface area contributed by atoms with Crippen LogP contribution in [0.25, 0.3) is 11.4 Å². The fourth-order valence-corrected chi connectivity index (χ4v) is 2.56. The fourth-order valence-electron chi connectivity index (χ4n) is 2.56. The van der Waals surface area contributed by atoms with E-state index in [1.807, 2.05) is 0 Å². The number of aromatic nitrogens is 3. The summed E-state index contributed by atoms with van der Waals surface area (Å²) in [6.45, 7) is 0.920. The number of nitrogens with one attached hydrogen (secondary N) is 1. The summed E-state index contributed by atoms with van der Waals surface area (Å²) >= 11 is 0. The second kappa shape index (κ2) is 7.34. The quantitative estimate of drug-likeness (QED) is 0.621. The number of carbonyl (C=O) groups is 1. The molecule has 25 heavy (non-hydrogen) atoms. The van der Waals surface area contributed by atoms with E-state index >= 15 is 0 Å². The highest BCUT2D eigenvalue weighted by Crippen LogP contribution is 2.26. The lowest BCUT2D eigenvalue weighted by atomic mass is 10.2. The van der Waals surface area contributed by atoms with Gasteiger partial charge in [-0.05, 0) is 25.0 Å². The summed E-state index contributed by atoms with van der Waals surface area (Å²) in [4.78, 5) is 26.4. The van der Waals surface area contributed by atoms with Crippen LogP contribution in [0.3, 0.4) is 0 Å². The highest BCUT2D eigenvalue weighted by atomic mass is 19.1. The summed E-state index contributed by atoms with van der Waals surface area (Å²) in [5, 5.41) is 18.0. The molecule has 2 aromatic rings. The number of nitrogens with zero attached hydrogens (tertiary/aromatic N) is 4. The number of ether oxygens (including phenoxy) is 1. The van der Waals surface area contributed by atoms with E-state index in [9.17, 15) is 19.3 Å². The molecule has 1 fully saturated rings. The summed E-state index contributed by atoms with van der Waals surface area (Å²) in [5.41, 5.74) is -0.158. The molecule has 1 saturated heterocycles. The van der Waals surface area contributed by atoms with E-state index in [-0.39, 0.29) is 35.6 Å². The zero-order valence-corrected chi connectivity index (χ0v) is 13.2. The minimum Gasteiger partial charge on any atom is -0.376 e. The third kappa shape index (κ3) is 4.15. The molecular weight excluding hydrogens is 333 g/mol. The van der Waals surface area contributed by atoms with E-state index in [1.165, 1.54) is 10.7 Å². The Morgan fingerprint density at radius 2 is 2.36 bits per heavy atom. The van der Waals surface area contributed by atoms with Gasteiger partial charge >= 0.3 is 5.69 Å². The maximum atomic E-state index is 13.0. The molecule has 3 heterocycles. The van der Waals surface area contributed by atoms with Crippen molar-refractivity contribution >= 4 is 11.6 Å². The number of nitro groups is 1. The Balaban J connectivity index is 1.71. The molecule has 0 bridgehead atoms. The second-order valence-electron chi connectivity index (χ2n) is 5.62. The molecule has 0 radical (unpaired) electrons. The Bertz CT molecular complexity index is 771. The number of amides is 1. The van der Waals surface area contributed by atoms with Gasteiger partial charge in [-0.3, -0.25) is 24.6 Å². The monoisotopic (exact) mass is 349 g/mol.